The largest absolute Gasteiger partial charge is 0.368 e. The molecular formula is C25H27N3O3S. The molecule has 0 spiro atoms. The van der Waals surface area contributed by atoms with Crippen molar-refractivity contribution in [2.75, 3.05) is 0 Å². The lowest BCUT2D eigenvalue weighted by molar-refractivity contribution is -0.121. The molecule has 0 bridgehead atoms. The molecule has 0 aliphatic rings. The summed E-state index contributed by atoms with van der Waals surface area (Å²) >= 11 is 0. The molecule has 3 aromatic carbocycles. The molecule has 2 unspecified atom stereocenters. The van der Waals surface area contributed by atoms with Crippen molar-refractivity contribution in [2.45, 2.75) is 49.5 Å². The van der Waals surface area contributed by atoms with E-state index in [-0.39, 0.29) is 4.90 Å². The molecule has 0 aromatic heterocycles. The van der Waals surface area contributed by atoms with Gasteiger partial charge in [0.2, 0.25) is 15.9 Å². The predicted octanol–water partition coefficient (Wildman–Crippen LogP) is 3.99. The second kappa shape index (κ2) is 9.51. The van der Waals surface area contributed by atoms with Crippen LogP contribution in [0.5, 0.6) is 0 Å². The molecule has 3 aromatic rings. The van der Waals surface area contributed by atoms with Gasteiger partial charge >= 0.3 is 0 Å². The summed E-state index contributed by atoms with van der Waals surface area (Å²) in [5.74, 6) is -0.752. The molecule has 166 valence electrons. The number of nitrogens with two attached hydrogens (primary N) is 1. The van der Waals surface area contributed by atoms with Crippen LogP contribution in [0.4, 0.5) is 0 Å². The highest BCUT2D eigenvalue weighted by atomic mass is 32.2. The van der Waals surface area contributed by atoms with Gasteiger partial charge in [-0.3, -0.25) is 4.79 Å². The lowest BCUT2D eigenvalue weighted by atomic mass is 9.72. The van der Waals surface area contributed by atoms with Crippen molar-refractivity contribution >= 4 is 26.7 Å². The fourth-order valence-corrected chi connectivity index (χ4v) is 5.34. The maximum absolute atomic E-state index is 13.3. The zero-order valence-corrected chi connectivity index (χ0v) is 19.0. The van der Waals surface area contributed by atoms with Crippen LogP contribution in [0, 0.1) is 11.3 Å². The second-order valence-corrected chi connectivity index (χ2v) is 9.89. The quantitative estimate of drug-likeness (QED) is 0.514. The van der Waals surface area contributed by atoms with E-state index in [2.05, 4.69) is 10.8 Å². The predicted molar refractivity (Wildman–Crippen MR) is 125 cm³/mol. The monoisotopic (exact) mass is 449 g/mol. The topological polar surface area (TPSA) is 113 Å². The molecule has 7 heteroatoms. The highest BCUT2D eigenvalue weighted by Gasteiger charge is 2.41. The molecule has 1 amide bonds. The van der Waals surface area contributed by atoms with Gasteiger partial charge in [-0.05, 0) is 47.0 Å². The van der Waals surface area contributed by atoms with E-state index in [0.29, 0.717) is 12.0 Å². The molecule has 0 radical (unpaired) electrons. The van der Waals surface area contributed by atoms with Gasteiger partial charge < -0.3 is 5.73 Å². The van der Waals surface area contributed by atoms with Gasteiger partial charge in [0.25, 0.3) is 0 Å². The van der Waals surface area contributed by atoms with Crippen molar-refractivity contribution in [3.8, 4) is 6.07 Å². The first-order valence-corrected chi connectivity index (χ1v) is 12.0. The van der Waals surface area contributed by atoms with Gasteiger partial charge in [0.15, 0.2) is 0 Å². The summed E-state index contributed by atoms with van der Waals surface area (Å²) in [6.07, 6.45) is 2.19. The van der Waals surface area contributed by atoms with E-state index in [0.717, 1.165) is 29.2 Å². The SMILES string of the molecule is CCCCC(C)(c1ccc(C#N)cc1)C(NS(=O)(=O)c1ccc2ccccc2c1)C(N)=O. The highest BCUT2D eigenvalue weighted by molar-refractivity contribution is 7.89. The average Bonchev–Trinajstić information content (AvgIpc) is 2.80. The van der Waals surface area contributed by atoms with Gasteiger partial charge in [0.1, 0.15) is 6.04 Å². The van der Waals surface area contributed by atoms with E-state index in [1.165, 1.54) is 6.07 Å². The first-order chi connectivity index (χ1) is 15.2. The van der Waals surface area contributed by atoms with Crippen LogP contribution in [0.15, 0.2) is 71.6 Å². The normalized spacial score (nSPS) is 14.4. The number of fused-ring (bicyclic) bond motifs is 1. The Bertz CT molecular complexity index is 1260. The number of sulfonamides is 1. The van der Waals surface area contributed by atoms with Crippen molar-refractivity contribution in [3.63, 3.8) is 0 Å². The summed E-state index contributed by atoms with van der Waals surface area (Å²) in [4.78, 5) is 12.6. The molecule has 0 heterocycles. The smallest absolute Gasteiger partial charge is 0.241 e. The molecule has 0 aliphatic carbocycles. The highest BCUT2D eigenvalue weighted by Crippen LogP contribution is 2.34. The first kappa shape index (κ1) is 23.5. The molecule has 0 fully saturated rings. The first-order valence-electron chi connectivity index (χ1n) is 10.5. The Balaban J connectivity index is 2.03. The van der Waals surface area contributed by atoms with Crippen molar-refractivity contribution in [2.24, 2.45) is 5.73 Å². The maximum atomic E-state index is 13.3. The zero-order chi connectivity index (χ0) is 23.4. The van der Waals surface area contributed by atoms with Crippen LogP contribution in [-0.4, -0.2) is 20.4 Å². The van der Waals surface area contributed by atoms with Crippen LogP contribution < -0.4 is 10.5 Å². The molecule has 2 atom stereocenters. The molecular weight excluding hydrogens is 422 g/mol. The molecule has 6 nitrogen and oxygen atoms in total. The zero-order valence-electron chi connectivity index (χ0n) is 18.2. The molecule has 3 N–H and O–H groups in total. The van der Waals surface area contributed by atoms with Crippen LogP contribution in [0.1, 0.15) is 44.2 Å². The van der Waals surface area contributed by atoms with E-state index in [9.17, 15) is 13.2 Å². The van der Waals surface area contributed by atoms with E-state index < -0.39 is 27.4 Å². The minimum atomic E-state index is -4.03. The average molecular weight is 450 g/mol. The number of nitrogens with zero attached hydrogens (tertiary/aromatic N) is 1. The third kappa shape index (κ3) is 4.82. The number of unbranched alkanes of at least 4 members (excludes halogenated alkanes) is 1. The van der Waals surface area contributed by atoms with Gasteiger partial charge in [-0.1, -0.05) is 69.2 Å². The molecule has 0 saturated carbocycles. The number of carbonyl (C=O) groups is 1. The molecule has 3 rings (SSSR count). The summed E-state index contributed by atoms with van der Waals surface area (Å²) in [5.41, 5.74) is 6.09. The van der Waals surface area contributed by atoms with Crippen LogP contribution in [-0.2, 0) is 20.2 Å². The number of nitrogens with one attached hydrogen (secondary N) is 1. The summed E-state index contributed by atoms with van der Waals surface area (Å²) in [7, 11) is -4.03. The number of carbonyl (C=O) groups excluding carboxylic acids is 1. The third-order valence-corrected chi connectivity index (χ3v) is 7.37. The Hall–Kier alpha value is -3.21. The lowest BCUT2D eigenvalue weighted by Gasteiger charge is -2.37. The van der Waals surface area contributed by atoms with Crippen LogP contribution >= 0.6 is 0 Å². The van der Waals surface area contributed by atoms with Gasteiger partial charge in [0, 0.05) is 5.41 Å². The minimum absolute atomic E-state index is 0.0696. The Kier molecular flexibility index (Phi) is 6.97. The van der Waals surface area contributed by atoms with Crippen molar-refractivity contribution in [1.29, 1.82) is 5.26 Å². The molecule has 0 saturated heterocycles. The number of amides is 1. The van der Waals surface area contributed by atoms with Crippen molar-refractivity contribution < 1.29 is 13.2 Å². The summed E-state index contributed by atoms with van der Waals surface area (Å²) in [6.45, 7) is 3.86. The fraction of sp³-hybridized carbons (Fsp3) is 0.280. The number of primary amides is 1. The van der Waals surface area contributed by atoms with Crippen molar-refractivity contribution in [3.05, 3.63) is 77.9 Å². The van der Waals surface area contributed by atoms with Crippen LogP contribution in [0.2, 0.25) is 0 Å². The minimum Gasteiger partial charge on any atom is -0.368 e. The number of hydrogen-bond donors (Lipinski definition) is 2. The Labute approximate surface area is 189 Å². The molecule has 0 aliphatic heterocycles. The maximum Gasteiger partial charge on any atom is 0.241 e. The Morgan fingerprint density at radius 3 is 2.34 bits per heavy atom. The Morgan fingerprint density at radius 1 is 1.09 bits per heavy atom. The van der Waals surface area contributed by atoms with E-state index in [4.69, 9.17) is 11.0 Å². The second-order valence-electron chi connectivity index (χ2n) is 8.18. The fourth-order valence-electron chi connectivity index (χ4n) is 3.98. The van der Waals surface area contributed by atoms with Gasteiger partial charge in [-0.15, -0.1) is 0 Å². The Morgan fingerprint density at radius 2 is 1.75 bits per heavy atom. The van der Waals surface area contributed by atoms with Gasteiger partial charge in [0.05, 0.1) is 16.5 Å². The standard InChI is InChI=1S/C25H27N3O3S/c1-3-4-15-25(2,21-12-9-18(17-26)10-13-21)23(24(27)29)28-32(30,31)22-14-11-19-7-5-6-8-20(19)16-22/h5-14,16,23,28H,3-4,15H2,1-2H3,(H2,27,29). The third-order valence-electron chi connectivity index (χ3n) is 5.95. The number of hydrogen-bond acceptors (Lipinski definition) is 4. The number of benzene rings is 3. The summed E-state index contributed by atoms with van der Waals surface area (Å²) in [6, 6.07) is 20.0. The van der Waals surface area contributed by atoms with Crippen LogP contribution in [0.3, 0.4) is 0 Å². The van der Waals surface area contributed by atoms with Gasteiger partial charge in [-0.25, -0.2) is 8.42 Å². The number of nitriles is 1. The number of rotatable bonds is 9. The van der Waals surface area contributed by atoms with Crippen LogP contribution in [0.25, 0.3) is 10.8 Å². The summed E-state index contributed by atoms with van der Waals surface area (Å²) in [5, 5.41) is 10.8. The van der Waals surface area contributed by atoms with E-state index in [1.54, 1.807) is 36.4 Å². The van der Waals surface area contributed by atoms with E-state index >= 15 is 0 Å². The van der Waals surface area contributed by atoms with Crippen molar-refractivity contribution in [1.82, 2.24) is 4.72 Å². The van der Waals surface area contributed by atoms with Gasteiger partial charge in [-0.2, -0.15) is 9.98 Å². The lowest BCUT2D eigenvalue weighted by Crippen LogP contribution is -2.56. The summed E-state index contributed by atoms with van der Waals surface area (Å²) < 4.78 is 29.1. The van der Waals surface area contributed by atoms with E-state index in [1.807, 2.05) is 38.1 Å². The molecule has 32 heavy (non-hydrogen) atoms.